The van der Waals surface area contributed by atoms with Gasteiger partial charge < -0.3 is 0 Å². The van der Waals surface area contributed by atoms with Gasteiger partial charge in [0.2, 0.25) is 10.0 Å². The van der Waals surface area contributed by atoms with Crippen LogP contribution in [0.4, 0.5) is 0 Å². The van der Waals surface area contributed by atoms with E-state index in [1.165, 1.54) is 29.7 Å². The highest BCUT2D eigenvalue weighted by Gasteiger charge is 2.18. The Balaban J connectivity index is 2.16. The van der Waals surface area contributed by atoms with Gasteiger partial charge >= 0.3 is 0 Å². The summed E-state index contributed by atoms with van der Waals surface area (Å²) in [5.74, 6) is 0. The van der Waals surface area contributed by atoms with Crippen molar-refractivity contribution in [2.24, 2.45) is 0 Å². The molecule has 0 saturated carbocycles. The SMILES string of the molecule is Cc1nc(CNS(=O)(=O)c2cccnc2Cl)cs1. The van der Waals surface area contributed by atoms with Gasteiger partial charge in [0.1, 0.15) is 10.0 Å². The fourth-order valence-corrected chi connectivity index (χ4v) is 3.37. The predicted molar refractivity (Wildman–Crippen MR) is 70.1 cm³/mol. The number of rotatable bonds is 4. The first-order valence-electron chi connectivity index (χ1n) is 5.00. The molecular weight excluding hydrogens is 294 g/mol. The third-order valence-corrected chi connectivity index (χ3v) is 4.79. The summed E-state index contributed by atoms with van der Waals surface area (Å²) in [6, 6.07) is 2.93. The minimum Gasteiger partial charge on any atom is -0.245 e. The third-order valence-electron chi connectivity index (χ3n) is 2.12. The zero-order valence-corrected chi connectivity index (χ0v) is 11.8. The van der Waals surface area contributed by atoms with Crippen molar-refractivity contribution in [3.63, 3.8) is 0 Å². The molecule has 0 aliphatic rings. The van der Waals surface area contributed by atoms with Crippen LogP contribution in [0, 0.1) is 6.92 Å². The average molecular weight is 304 g/mol. The van der Waals surface area contributed by atoms with Gasteiger partial charge in [0.05, 0.1) is 17.2 Å². The maximum atomic E-state index is 12.0. The molecule has 1 N–H and O–H groups in total. The van der Waals surface area contributed by atoms with Gasteiger partial charge in [0.25, 0.3) is 0 Å². The van der Waals surface area contributed by atoms with Crippen LogP contribution in [0.5, 0.6) is 0 Å². The molecule has 0 atom stereocenters. The number of halogens is 1. The quantitative estimate of drug-likeness (QED) is 0.877. The molecule has 5 nitrogen and oxygen atoms in total. The van der Waals surface area contributed by atoms with Crippen LogP contribution >= 0.6 is 22.9 Å². The van der Waals surface area contributed by atoms with E-state index in [0.29, 0.717) is 5.69 Å². The first-order valence-corrected chi connectivity index (χ1v) is 7.74. The van der Waals surface area contributed by atoms with Crippen molar-refractivity contribution in [1.82, 2.24) is 14.7 Å². The molecule has 0 radical (unpaired) electrons. The molecule has 0 fully saturated rings. The van der Waals surface area contributed by atoms with Crippen molar-refractivity contribution in [2.45, 2.75) is 18.4 Å². The smallest absolute Gasteiger partial charge is 0.243 e. The second kappa shape index (κ2) is 5.31. The Morgan fingerprint density at radius 3 is 2.89 bits per heavy atom. The lowest BCUT2D eigenvalue weighted by molar-refractivity contribution is 0.580. The summed E-state index contributed by atoms with van der Waals surface area (Å²) < 4.78 is 26.4. The van der Waals surface area contributed by atoms with E-state index in [9.17, 15) is 8.42 Å². The normalized spacial score (nSPS) is 11.7. The van der Waals surface area contributed by atoms with Gasteiger partial charge in [-0.15, -0.1) is 11.3 Å². The lowest BCUT2D eigenvalue weighted by Crippen LogP contribution is -2.23. The number of thiazole rings is 1. The van der Waals surface area contributed by atoms with Crippen molar-refractivity contribution in [3.8, 4) is 0 Å². The van der Waals surface area contributed by atoms with Crippen LogP contribution in [0.2, 0.25) is 5.15 Å². The van der Waals surface area contributed by atoms with Crippen LogP contribution in [-0.4, -0.2) is 18.4 Å². The minimum absolute atomic E-state index is 0.0291. The second-order valence-corrected chi connectivity index (χ2v) is 6.63. The molecule has 8 heteroatoms. The van der Waals surface area contributed by atoms with Gasteiger partial charge in [-0.1, -0.05) is 11.6 Å². The van der Waals surface area contributed by atoms with Gasteiger partial charge in [0, 0.05) is 11.6 Å². The summed E-state index contributed by atoms with van der Waals surface area (Å²) in [6.45, 7) is 2.00. The van der Waals surface area contributed by atoms with E-state index >= 15 is 0 Å². The van der Waals surface area contributed by atoms with E-state index in [4.69, 9.17) is 11.6 Å². The zero-order chi connectivity index (χ0) is 13.2. The highest BCUT2D eigenvalue weighted by molar-refractivity contribution is 7.89. The maximum absolute atomic E-state index is 12.0. The minimum atomic E-state index is -3.66. The molecular formula is C10H10ClN3O2S2. The fraction of sp³-hybridized carbons (Fsp3) is 0.200. The molecule has 2 rings (SSSR count). The fourth-order valence-electron chi connectivity index (χ4n) is 1.31. The van der Waals surface area contributed by atoms with Crippen molar-refractivity contribution in [3.05, 3.63) is 39.6 Å². The van der Waals surface area contributed by atoms with Crippen LogP contribution in [-0.2, 0) is 16.6 Å². The number of pyridine rings is 1. The van der Waals surface area contributed by atoms with E-state index < -0.39 is 10.0 Å². The van der Waals surface area contributed by atoms with Crippen molar-refractivity contribution < 1.29 is 8.42 Å². The number of hydrogen-bond acceptors (Lipinski definition) is 5. The molecule has 0 bridgehead atoms. The first kappa shape index (κ1) is 13.4. The summed E-state index contributed by atoms with van der Waals surface area (Å²) in [4.78, 5) is 7.88. The maximum Gasteiger partial charge on any atom is 0.243 e. The molecule has 0 aliphatic carbocycles. The summed E-state index contributed by atoms with van der Waals surface area (Å²) in [6.07, 6.45) is 1.44. The molecule has 2 aromatic rings. The average Bonchev–Trinajstić information content (AvgIpc) is 2.73. The Labute approximate surface area is 114 Å². The molecule has 0 aliphatic heterocycles. The first-order chi connectivity index (χ1) is 8.49. The number of aromatic nitrogens is 2. The molecule has 2 aromatic heterocycles. The summed E-state index contributed by atoms with van der Waals surface area (Å²) >= 11 is 7.22. The van der Waals surface area contributed by atoms with Crippen LogP contribution in [0.1, 0.15) is 10.7 Å². The molecule has 0 aromatic carbocycles. The van der Waals surface area contributed by atoms with E-state index in [2.05, 4.69) is 14.7 Å². The Morgan fingerprint density at radius 1 is 1.50 bits per heavy atom. The highest BCUT2D eigenvalue weighted by atomic mass is 35.5. The highest BCUT2D eigenvalue weighted by Crippen LogP contribution is 2.18. The Morgan fingerprint density at radius 2 is 2.28 bits per heavy atom. The molecule has 2 heterocycles. The van der Waals surface area contributed by atoms with E-state index in [-0.39, 0.29) is 16.6 Å². The molecule has 0 spiro atoms. The third kappa shape index (κ3) is 3.05. The summed E-state index contributed by atoms with van der Waals surface area (Å²) in [5, 5.41) is 2.66. The van der Waals surface area contributed by atoms with Crippen LogP contribution in [0.3, 0.4) is 0 Å². The monoisotopic (exact) mass is 303 g/mol. The summed E-state index contributed by atoms with van der Waals surface area (Å²) in [7, 11) is -3.66. The van der Waals surface area contributed by atoms with E-state index in [1.807, 2.05) is 12.3 Å². The topological polar surface area (TPSA) is 72.0 Å². The largest absolute Gasteiger partial charge is 0.245 e. The van der Waals surface area contributed by atoms with Crippen molar-refractivity contribution >= 4 is 33.0 Å². The van der Waals surface area contributed by atoms with Gasteiger partial charge in [0.15, 0.2) is 0 Å². The Bertz CT molecular complexity index is 655. The number of sulfonamides is 1. The molecule has 18 heavy (non-hydrogen) atoms. The number of hydrogen-bond donors (Lipinski definition) is 1. The Hall–Kier alpha value is -1.02. The lowest BCUT2D eigenvalue weighted by atomic mass is 10.5. The number of aryl methyl sites for hydroxylation is 1. The van der Waals surface area contributed by atoms with Gasteiger partial charge in [-0.2, -0.15) is 0 Å². The van der Waals surface area contributed by atoms with Crippen LogP contribution < -0.4 is 4.72 Å². The van der Waals surface area contributed by atoms with Gasteiger partial charge in [-0.05, 0) is 19.1 Å². The Kier molecular flexibility index (Phi) is 3.96. The van der Waals surface area contributed by atoms with Crippen LogP contribution in [0.25, 0.3) is 0 Å². The van der Waals surface area contributed by atoms with Gasteiger partial charge in [-0.25, -0.2) is 23.1 Å². The molecule has 0 unspecified atom stereocenters. The zero-order valence-electron chi connectivity index (χ0n) is 9.42. The number of nitrogens with zero attached hydrogens (tertiary/aromatic N) is 2. The summed E-state index contributed by atoms with van der Waals surface area (Å²) in [5.41, 5.74) is 0.682. The van der Waals surface area contributed by atoms with Crippen molar-refractivity contribution in [2.75, 3.05) is 0 Å². The lowest BCUT2D eigenvalue weighted by Gasteiger charge is -2.06. The molecule has 0 amide bonds. The number of nitrogens with one attached hydrogen (secondary N) is 1. The van der Waals surface area contributed by atoms with Gasteiger partial charge in [-0.3, -0.25) is 0 Å². The molecule has 96 valence electrons. The van der Waals surface area contributed by atoms with Crippen molar-refractivity contribution in [1.29, 1.82) is 0 Å². The van der Waals surface area contributed by atoms with E-state index in [1.54, 1.807) is 0 Å². The van der Waals surface area contributed by atoms with E-state index in [0.717, 1.165) is 5.01 Å². The molecule has 0 saturated heterocycles. The predicted octanol–water partition coefficient (Wildman–Crippen LogP) is 1.98. The van der Waals surface area contributed by atoms with Crippen LogP contribution in [0.15, 0.2) is 28.6 Å². The second-order valence-electron chi connectivity index (χ2n) is 3.47. The standard InChI is InChI=1S/C10H10ClN3O2S2/c1-7-14-8(6-17-7)5-13-18(15,16)9-3-2-4-12-10(9)11/h2-4,6,13H,5H2,1H3.